The number of carbonyl (C=O) groups is 1. The van der Waals surface area contributed by atoms with Gasteiger partial charge in [-0.15, -0.1) is 0 Å². The van der Waals surface area contributed by atoms with E-state index in [1.165, 1.54) is 19.3 Å². The van der Waals surface area contributed by atoms with Crippen LogP contribution in [-0.2, 0) is 0 Å². The maximum atomic E-state index is 14.4. The topological polar surface area (TPSA) is 66.6 Å². The molecule has 134 valence electrons. The Balaban J connectivity index is 1.54. The van der Waals surface area contributed by atoms with Gasteiger partial charge in [0.25, 0.3) is 5.78 Å². The van der Waals surface area contributed by atoms with E-state index < -0.39 is 0 Å². The third kappa shape index (κ3) is 2.87. The van der Waals surface area contributed by atoms with Gasteiger partial charge in [-0.1, -0.05) is 0 Å². The second-order valence-electron chi connectivity index (χ2n) is 6.42. The van der Waals surface area contributed by atoms with Gasteiger partial charge >= 0.3 is 0 Å². The third-order valence-electron chi connectivity index (χ3n) is 4.66. The lowest BCUT2D eigenvalue weighted by Crippen LogP contribution is -2.47. The minimum atomic E-state index is -0.357. The van der Waals surface area contributed by atoms with E-state index >= 15 is 0 Å². The Hall–Kier alpha value is -3.03. The number of ketones is 1. The molecule has 8 heteroatoms. The molecule has 0 saturated carbocycles. The maximum absolute atomic E-state index is 14.4. The Morgan fingerprint density at radius 3 is 2.54 bits per heavy atom. The number of aromatic nitrogens is 4. The molecule has 26 heavy (non-hydrogen) atoms. The minimum absolute atomic E-state index is 0.134. The van der Waals surface area contributed by atoms with E-state index in [0.29, 0.717) is 30.1 Å². The number of anilines is 2. The molecule has 2 aromatic heterocycles. The Labute approximate surface area is 150 Å². The standard InChI is InChI=1S/C18H19FN6O/c1-12-9-17(25-18(22-12)20-11-21-25)24-7-5-23(6-8-24)16-4-3-14(13(2)26)10-15(16)19/h3-4,9-11H,5-8H2,1-2H3. The molecule has 0 aliphatic carbocycles. The Morgan fingerprint density at radius 2 is 1.85 bits per heavy atom. The predicted molar refractivity (Wildman–Crippen MR) is 96.3 cm³/mol. The molecule has 7 nitrogen and oxygen atoms in total. The number of benzene rings is 1. The summed E-state index contributed by atoms with van der Waals surface area (Å²) in [6.45, 7) is 6.18. The molecule has 0 N–H and O–H groups in total. The van der Waals surface area contributed by atoms with E-state index in [1.54, 1.807) is 16.6 Å². The molecule has 4 rings (SSSR count). The van der Waals surface area contributed by atoms with Gasteiger partial charge in [-0.3, -0.25) is 4.79 Å². The molecular formula is C18H19FN6O. The number of carbonyl (C=O) groups excluding carboxylic acids is 1. The summed E-state index contributed by atoms with van der Waals surface area (Å²) in [6, 6.07) is 6.67. The highest BCUT2D eigenvalue weighted by Gasteiger charge is 2.22. The fraction of sp³-hybridized carbons (Fsp3) is 0.333. The molecule has 0 radical (unpaired) electrons. The molecule has 0 spiro atoms. The highest BCUT2D eigenvalue weighted by molar-refractivity contribution is 5.94. The first kappa shape index (κ1) is 16.4. The highest BCUT2D eigenvalue weighted by Crippen LogP contribution is 2.24. The monoisotopic (exact) mass is 354 g/mol. The van der Waals surface area contributed by atoms with Crippen molar-refractivity contribution in [1.82, 2.24) is 19.6 Å². The zero-order valence-corrected chi connectivity index (χ0v) is 14.7. The van der Waals surface area contributed by atoms with Gasteiger partial charge in [0, 0.05) is 43.5 Å². The van der Waals surface area contributed by atoms with Crippen LogP contribution in [0, 0.1) is 12.7 Å². The Bertz CT molecular complexity index is 977. The number of hydrogen-bond donors (Lipinski definition) is 0. The zero-order chi connectivity index (χ0) is 18.3. The summed E-state index contributed by atoms with van der Waals surface area (Å²) in [5.41, 5.74) is 1.81. The number of fused-ring (bicyclic) bond motifs is 1. The highest BCUT2D eigenvalue weighted by atomic mass is 19.1. The lowest BCUT2D eigenvalue weighted by Gasteiger charge is -2.37. The summed E-state index contributed by atoms with van der Waals surface area (Å²) in [5, 5.41) is 4.25. The molecule has 1 fully saturated rings. The number of nitrogens with zero attached hydrogens (tertiary/aromatic N) is 6. The molecule has 0 atom stereocenters. The van der Waals surface area contributed by atoms with Crippen molar-refractivity contribution in [3.05, 3.63) is 47.7 Å². The zero-order valence-electron chi connectivity index (χ0n) is 14.7. The first-order chi connectivity index (χ1) is 12.5. The fourth-order valence-electron chi connectivity index (χ4n) is 3.30. The van der Waals surface area contributed by atoms with E-state index in [0.717, 1.165) is 24.6 Å². The van der Waals surface area contributed by atoms with Gasteiger partial charge in [0.2, 0.25) is 0 Å². The van der Waals surface area contributed by atoms with E-state index in [9.17, 15) is 9.18 Å². The molecule has 1 saturated heterocycles. The largest absolute Gasteiger partial charge is 0.366 e. The van der Waals surface area contributed by atoms with Gasteiger partial charge in [0.15, 0.2) is 5.78 Å². The predicted octanol–water partition coefficient (Wildman–Crippen LogP) is 2.10. The van der Waals surface area contributed by atoms with Crippen LogP contribution in [0.5, 0.6) is 0 Å². The molecule has 1 aliphatic rings. The summed E-state index contributed by atoms with van der Waals surface area (Å²) in [6.07, 6.45) is 1.49. The van der Waals surface area contributed by atoms with Crippen LogP contribution < -0.4 is 9.80 Å². The van der Waals surface area contributed by atoms with Crippen LogP contribution in [0.15, 0.2) is 30.6 Å². The smallest absolute Gasteiger partial charge is 0.254 e. The first-order valence-electron chi connectivity index (χ1n) is 8.51. The van der Waals surface area contributed by atoms with Crippen LogP contribution >= 0.6 is 0 Å². The van der Waals surface area contributed by atoms with Gasteiger partial charge in [0.1, 0.15) is 18.0 Å². The Kier molecular flexibility index (Phi) is 4.02. The number of halogens is 1. The minimum Gasteiger partial charge on any atom is -0.366 e. The molecule has 3 aromatic rings. The number of aryl methyl sites for hydroxylation is 1. The average molecular weight is 354 g/mol. The second kappa shape index (κ2) is 6.36. The number of hydrogen-bond acceptors (Lipinski definition) is 6. The normalized spacial score (nSPS) is 14.9. The van der Waals surface area contributed by atoms with Crippen molar-refractivity contribution < 1.29 is 9.18 Å². The van der Waals surface area contributed by atoms with E-state index in [2.05, 4.69) is 20.0 Å². The SMILES string of the molecule is CC(=O)c1ccc(N2CCN(c3cc(C)nc4ncnn34)CC2)c(F)c1. The summed E-state index contributed by atoms with van der Waals surface area (Å²) in [7, 11) is 0. The molecule has 0 unspecified atom stereocenters. The van der Waals surface area contributed by atoms with E-state index in [-0.39, 0.29) is 11.6 Å². The second-order valence-corrected chi connectivity index (χ2v) is 6.42. The summed E-state index contributed by atoms with van der Waals surface area (Å²) in [5.74, 6) is 1.03. The fourth-order valence-corrected chi connectivity index (χ4v) is 3.30. The van der Waals surface area contributed by atoms with Gasteiger partial charge < -0.3 is 9.80 Å². The number of Topliss-reactive ketones (excluding diaryl/α,β-unsaturated/α-hetero) is 1. The van der Waals surface area contributed by atoms with Gasteiger partial charge in [-0.05, 0) is 32.0 Å². The van der Waals surface area contributed by atoms with Gasteiger partial charge in [-0.25, -0.2) is 9.37 Å². The van der Waals surface area contributed by atoms with Crippen molar-refractivity contribution in [1.29, 1.82) is 0 Å². The molecule has 3 heterocycles. The van der Waals surface area contributed by atoms with Gasteiger partial charge in [0.05, 0.1) is 5.69 Å². The van der Waals surface area contributed by atoms with Crippen LogP contribution in [0.3, 0.4) is 0 Å². The van der Waals surface area contributed by atoms with Crippen molar-refractivity contribution in [2.45, 2.75) is 13.8 Å². The van der Waals surface area contributed by atoms with Crippen LogP contribution in [0.4, 0.5) is 15.9 Å². The van der Waals surface area contributed by atoms with Crippen molar-refractivity contribution in [2.75, 3.05) is 36.0 Å². The van der Waals surface area contributed by atoms with E-state index in [4.69, 9.17) is 0 Å². The first-order valence-corrected chi connectivity index (χ1v) is 8.51. The molecule has 0 amide bonds. The summed E-state index contributed by atoms with van der Waals surface area (Å²) < 4.78 is 16.1. The maximum Gasteiger partial charge on any atom is 0.254 e. The van der Waals surface area contributed by atoms with E-state index in [1.807, 2.05) is 17.9 Å². The molecular weight excluding hydrogens is 335 g/mol. The van der Waals surface area contributed by atoms with Crippen molar-refractivity contribution in [3.63, 3.8) is 0 Å². The van der Waals surface area contributed by atoms with Crippen LogP contribution in [-0.4, -0.2) is 51.5 Å². The van der Waals surface area contributed by atoms with Crippen molar-refractivity contribution >= 4 is 23.1 Å². The van der Waals surface area contributed by atoms with Crippen LogP contribution in [0.25, 0.3) is 5.78 Å². The lowest BCUT2D eigenvalue weighted by molar-refractivity contribution is 0.101. The van der Waals surface area contributed by atoms with Gasteiger partial charge in [-0.2, -0.15) is 14.6 Å². The van der Waals surface area contributed by atoms with Crippen LogP contribution in [0.1, 0.15) is 23.0 Å². The lowest BCUT2D eigenvalue weighted by atomic mass is 10.1. The quantitative estimate of drug-likeness (QED) is 0.671. The van der Waals surface area contributed by atoms with Crippen molar-refractivity contribution in [2.24, 2.45) is 0 Å². The number of piperazine rings is 1. The average Bonchev–Trinajstić information content (AvgIpc) is 3.09. The van der Waals surface area contributed by atoms with Crippen LogP contribution in [0.2, 0.25) is 0 Å². The summed E-state index contributed by atoms with van der Waals surface area (Å²) in [4.78, 5) is 24.1. The van der Waals surface area contributed by atoms with Crippen molar-refractivity contribution in [3.8, 4) is 0 Å². The summed E-state index contributed by atoms with van der Waals surface area (Å²) >= 11 is 0. The Morgan fingerprint density at radius 1 is 1.12 bits per heavy atom. The molecule has 1 aliphatic heterocycles. The molecule has 0 bridgehead atoms. The number of rotatable bonds is 3. The third-order valence-corrected chi connectivity index (χ3v) is 4.66. The molecule has 1 aromatic carbocycles.